The Kier molecular flexibility index (Phi) is 4.02. The van der Waals surface area contributed by atoms with Crippen LogP contribution in [0.3, 0.4) is 0 Å². The summed E-state index contributed by atoms with van der Waals surface area (Å²) in [6.45, 7) is 0.426. The summed E-state index contributed by atoms with van der Waals surface area (Å²) < 4.78 is 13.8. The lowest BCUT2D eigenvalue weighted by Gasteiger charge is -2.28. The highest BCUT2D eigenvalue weighted by atomic mass is 79.9. The minimum Gasteiger partial charge on any atom is -0.345 e. The van der Waals surface area contributed by atoms with E-state index in [4.69, 9.17) is 5.73 Å². The maximum atomic E-state index is 13.2. The molecule has 0 saturated heterocycles. The van der Waals surface area contributed by atoms with Gasteiger partial charge in [0.15, 0.2) is 0 Å². The van der Waals surface area contributed by atoms with Crippen LogP contribution in [-0.4, -0.2) is 18.0 Å². The molecule has 0 atom stereocenters. The van der Waals surface area contributed by atoms with Crippen LogP contribution in [0.1, 0.15) is 36.0 Å². The van der Waals surface area contributed by atoms with E-state index in [2.05, 4.69) is 21.2 Å². The van der Waals surface area contributed by atoms with Gasteiger partial charge in [-0.15, -0.1) is 0 Å². The molecule has 1 fully saturated rings. The average molecular weight is 315 g/mol. The number of halogens is 2. The lowest BCUT2D eigenvalue weighted by molar-refractivity contribution is 0.0902. The third kappa shape index (κ3) is 2.90. The fourth-order valence-corrected chi connectivity index (χ4v) is 2.90. The highest BCUT2D eigenvalue weighted by molar-refractivity contribution is 9.10. The summed E-state index contributed by atoms with van der Waals surface area (Å²) in [6.07, 6.45) is 3.94. The van der Waals surface area contributed by atoms with Crippen molar-refractivity contribution in [1.29, 1.82) is 0 Å². The van der Waals surface area contributed by atoms with Gasteiger partial charge in [0, 0.05) is 16.6 Å². The van der Waals surface area contributed by atoms with Gasteiger partial charge in [-0.05, 0) is 31.0 Å². The molecule has 2 rings (SSSR count). The molecule has 18 heavy (non-hydrogen) atoms. The van der Waals surface area contributed by atoms with E-state index in [0.717, 1.165) is 25.7 Å². The maximum absolute atomic E-state index is 13.2. The Morgan fingerprint density at radius 1 is 1.39 bits per heavy atom. The van der Waals surface area contributed by atoms with Crippen molar-refractivity contribution in [3.05, 3.63) is 34.1 Å². The van der Waals surface area contributed by atoms with Gasteiger partial charge >= 0.3 is 0 Å². The van der Waals surface area contributed by atoms with E-state index >= 15 is 0 Å². The molecular formula is C13H16BrFN2O. The maximum Gasteiger partial charge on any atom is 0.251 e. The van der Waals surface area contributed by atoms with Crippen LogP contribution < -0.4 is 11.1 Å². The Balaban J connectivity index is 2.16. The zero-order valence-corrected chi connectivity index (χ0v) is 11.6. The first-order chi connectivity index (χ1) is 8.54. The standard InChI is InChI=1S/C13H16BrFN2O/c14-10-5-9(6-11(15)7-10)12(18)17-13(8-16)3-1-2-4-13/h5-7H,1-4,8,16H2,(H,17,18). The van der Waals surface area contributed by atoms with Crippen LogP contribution >= 0.6 is 15.9 Å². The van der Waals surface area contributed by atoms with E-state index in [1.54, 1.807) is 6.07 Å². The number of hydrogen-bond donors (Lipinski definition) is 2. The second kappa shape index (κ2) is 5.36. The number of nitrogens with two attached hydrogens (primary N) is 1. The van der Waals surface area contributed by atoms with Crippen molar-refractivity contribution in [1.82, 2.24) is 5.32 Å². The van der Waals surface area contributed by atoms with Gasteiger partial charge in [0.05, 0.1) is 5.54 Å². The Bertz CT molecular complexity index is 438. The second-order valence-electron chi connectivity index (χ2n) is 4.80. The van der Waals surface area contributed by atoms with E-state index in [1.807, 2.05) is 0 Å². The van der Waals surface area contributed by atoms with Gasteiger partial charge in [0.2, 0.25) is 0 Å². The smallest absolute Gasteiger partial charge is 0.251 e. The molecule has 0 heterocycles. The Labute approximate surface area is 114 Å². The molecule has 0 aliphatic heterocycles. The van der Waals surface area contributed by atoms with Gasteiger partial charge in [0.25, 0.3) is 5.91 Å². The van der Waals surface area contributed by atoms with Gasteiger partial charge in [0.1, 0.15) is 5.82 Å². The molecule has 0 bridgehead atoms. The summed E-state index contributed by atoms with van der Waals surface area (Å²) in [6, 6.07) is 4.17. The summed E-state index contributed by atoms with van der Waals surface area (Å²) in [4.78, 5) is 12.1. The van der Waals surface area contributed by atoms with E-state index in [1.165, 1.54) is 12.1 Å². The summed E-state index contributed by atoms with van der Waals surface area (Å²) >= 11 is 3.18. The summed E-state index contributed by atoms with van der Waals surface area (Å²) in [5.74, 6) is -0.690. The predicted molar refractivity (Wildman–Crippen MR) is 71.8 cm³/mol. The molecule has 1 aromatic rings. The lowest BCUT2D eigenvalue weighted by Crippen LogP contribution is -2.51. The first kappa shape index (κ1) is 13.5. The Morgan fingerprint density at radius 2 is 2.06 bits per heavy atom. The highest BCUT2D eigenvalue weighted by Gasteiger charge is 2.34. The number of carbonyl (C=O) groups excluding carboxylic acids is 1. The molecule has 1 saturated carbocycles. The van der Waals surface area contributed by atoms with Crippen LogP contribution in [0.5, 0.6) is 0 Å². The predicted octanol–water partition coefficient (Wildman–Crippen LogP) is 2.59. The zero-order valence-electron chi connectivity index (χ0n) is 10.0. The number of nitrogens with one attached hydrogen (secondary N) is 1. The van der Waals surface area contributed by atoms with Crippen molar-refractivity contribution in [3.8, 4) is 0 Å². The lowest BCUT2D eigenvalue weighted by atomic mass is 9.97. The molecule has 0 spiro atoms. The van der Waals surface area contributed by atoms with E-state index in [9.17, 15) is 9.18 Å². The van der Waals surface area contributed by atoms with Crippen LogP contribution in [0.2, 0.25) is 0 Å². The molecule has 1 amide bonds. The fourth-order valence-electron chi connectivity index (χ4n) is 2.43. The first-order valence-electron chi connectivity index (χ1n) is 6.03. The van der Waals surface area contributed by atoms with E-state index in [-0.39, 0.29) is 11.4 Å². The van der Waals surface area contributed by atoms with Gasteiger partial charge in [-0.1, -0.05) is 28.8 Å². The minimum absolute atomic E-state index is 0.262. The SMILES string of the molecule is NCC1(NC(=O)c2cc(F)cc(Br)c2)CCCC1. The normalized spacial score (nSPS) is 17.7. The van der Waals surface area contributed by atoms with Crippen molar-refractivity contribution in [2.75, 3.05) is 6.54 Å². The van der Waals surface area contributed by atoms with Crippen LogP contribution in [0.15, 0.2) is 22.7 Å². The molecule has 3 nitrogen and oxygen atoms in total. The Hall–Kier alpha value is -0.940. The second-order valence-corrected chi connectivity index (χ2v) is 5.72. The van der Waals surface area contributed by atoms with Crippen LogP contribution in [-0.2, 0) is 0 Å². The first-order valence-corrected chi connectivity index (χ1v) is 6.83. The molecular weight excluding hydrogens is 299 g/mol. The molecule has 3 N–H and O–H groups in total. The van der Waals surface area contributed by atoms with Crippen molar-refractivity contribution in [2.45, 2.75) is 31.2 Å². The topological polar surface area (TPSA) is 55.1 Å². The summed E-state index contributed by atoms with van der Waals surface area (Å²) in [7, 11) is 0. The number of amides is 1. The number of rotatable bonds is 3. The number of hydrogen-bond acceptors (Lipinski definition) is 2. The molecule has 0 radical (unpaired) electrons. The molecule has 0 unspecified atom stereocenters. The molecule has 5 heteroatoms. The third-order valence-electron chi connectivity index (χ3n) is 3.45. The fraction of sp³-hybridized carbons (Fsp3) is 0.462. The molecule has 0 aromatic heterocycles. The molecule has 98 valence electrons. The number of benzene rings is 1. The van der Waals surface area contributed by atoms with Crippen molar-refractivity contribution in [3.63, 3.8) is 0 Å². The third-order valence-corrected chi connectivity index (χ3v) is 3.91. The summed E-state index contributed by atoms with van der Waals surface area (Å²) in [5, 5.41) is 2.96. The van der Waals surface area contributed by atoms with Crippen molar-refractivity contribution < 1.29 is 9.18 Å². The van der Waals surface area contributed by atoms with E-state index in [0.29, 0.717) is 16.6 Å². The van der Waals surface area contributed by atoms with Gasteiger partial charge < -0.3 is 11.1 Å². The van der Waals surface area contributed by atoms with Crippen LogP contribution in [0.4, 0.5) is 4.39 Å². The summed E-state index contributed by atoms with van der Waals surface area (Å²) in [5.41, 5.74) is 5.77. The number of carbonyl (C=O) groups is 1. The minimum atomic E-state index is -0.428. The van der Waals surface area contributed by atoms with Gasteiger partial charge in [-0.3, -0.25) is 4.79 Å². The van der Waals surface area contributed by atoms with Crippen molar-refractivity contribution in [2.24, 2.45) is 5.73 Å². The van der Waals surface area contributed by atoms with E-state index < -0.39 is 5.82 Å². The average Bonchev–Trinajstić information content (AvgIpc) is 2.77. The van der Waals surface area contributed by atoms with Crippen LogP contribution in [0.25, 0.3) is 0 Å². The molecule has 1 aliphatic carbocycles. The van der Waals surface area contributed by atoms with Gasteiger partial charge in [-0.2, -0.15) is 0 Å². The molecule has 1 aliphatic rings. The Morgan fingerprint density at radius 3 is 2.61 bits per heavy atom. The van der Waals surface area contributed by atoms with Crippen molar-refractivity contribution >= 4 is 21.8 Å². The monoisotopic (exact) mass is 314 g/mol. The quantitative estimate of drug-likeness (QED) is 0.901. The largest absolute Gasteiger partial charge is 0.345 e. The zero-order chi connectivity index (χ0) is 13.2. The van der Waals surface area contributed by atoms with Gasteiger partial charge in [-0.25, -0.2) is 4.39 Å². The highest BCUT2D eigenvalue weighted by Crippen LogP contribution is 2.29. The van der Waals surface area contributed by atoms with Crippen LogP contribution in [0, 0.1) is 5.82 Å². The molecule has 1 aromatic carbocycles.